The number of aromatic nitrogens is 2. The number of rotatable bonds is 2. The quantitative estimate of drug-likeness (QED) is 0.863. The Balaban J connectivity index is 2.15. The van der Waals surface area contributed by atoms with Crippen molar-refractivity contribution in [2.45, 2.75) is 44.6 Å². The number of nitriles is 1. The van der Waals surface area contributed by atoms with Crippen LogP contribution in [0.15, 0.2) is 6.07 Å². The van der Waals surface area contributed by atoms with Crippen LogP contribution in [0.5, 0.6) is 0 Å². The molecule has 1 fully saturated rings. The molecule has 2 rings (SSSR count). The summed E-state index contributed by atoms with van der Waals surface area (Å²) in [5.41, 5.74) is 0.623. The Morgan fingerprint density at radius 1 is 1.50 bits per heavy atom. The number of nitrogens with one attached hydrogen (secondary N) is 1. The zero-order valence-electron chi connectivity index (χ0n) is 10.9. The van der Waals surface area contributed by atoms with Gasteiger partial charge in [0.2, 0.25) is 0 Å². The van der Waals surface area contributed by atoms with Gasteiger partial charge < -0.3 is 5.32 Å². The minimum Gasteiger partial charge on any atom is -0.332 e. The van der Waals surface area contributed by atoms with Crippen molar-refractivity contribution in [2.75, 3.05) is 0 Å². The number of amides is 1. The highest BCUT2D eigenvalue weighted by Gasteiger charge is 2.34. The first-order valence-electron chi connectivity index (χ1n) is 6.31. The summed E-state index contributed by atoms with van der Waals surface area (Å²) in [6.07, 6.45) is 4.62. The Labute approximate surface area is 107 Å². The molecule has 0 aromatic carbocycles. The first kappa shape index (κ1) is 12.6. The zero-order chi connectivity index (χ0) is 13.2. The lowest BCUT2D eigenvalue weighted by molar-refractivity contribution is 0.0893. The van der Waals surface area contributed by atoms with Gasteiger partial charge in [0, 0.05) is 7.05 Å². The van der Waals surface area contributed by atoms with Crippen LogP contribution in [0, 0.1) is 18.3 Å². The minimum absolute atomic E-state index is 0.207. The van der Waals surface area contributed by atoms with Gasteiger partial charge in [0.05, 0.1) is 11.8 Å². The molecule has 0 unspecified atom stereocenters. The molecule has 1 aliphatic rings. The van der Waals surface area contributed by atoms with Crippen molar-refractivity contribution in [3.8, 4) is 6.07 Å². The fourth-order valence-corrected chi connectivity index (χ4v) is 2.52. The second-order valence-corrected chi connectivity index (χ2v) is 5.00. The van der Waals surface area contributed by atoms with Gasteiger partial charge in [-0.3, -0.25) is 9.48 Å². The molecule has 0 spiro atoms. The standard InChI is InChI=1S/C13H18N4O/c1-10-8-11(17(2)16-10)12(18)15-13(9-14)6-4-3-5-7-13/h8H,3-7H2,1-2H3,(H,15,18). The lowest BCUT2D eigenvalue weighted by atomic mass is 9.83. The fraction of sp³-hybridized carbons (Fsp3) is 0.615. The third-order valence-electron chi connectivity index (χ3n) is 3.51. The molecule has 1 saturated carbocycles. The maximum absolute atomic E-state index is 12.2. The first-order chi connectivity index (χ1) is 8.56. The van der Waals surface area contributed by atoms with Gasteiger partial charge in [0.25, 0.3) is 5.91 Å². The Bertz CT molecular complexity index is 492. The molecule has 0 saturated heterocycles. The number of nitrogens with zero attached hydrogens (tertiary/aromatic N) is 3. The van der Waals surface area contributed by atoms with Gasteiger partial charge in [0.1, 0.15) is 11.2 Å². The van der Waals surface area contributed by atoms with Crippen LogP contribution < -0.4 is 5.32 Å². The second-order valence-electron chi connectivity index (χ2n) is 5.00. The van der Waals surface area contributed by atoms with Crippen LogP contribution in [-0.4, -0.2) is 21.2 Å². The van der Waals surface area contributed by atoms with E-state index in [4.69, 9.17) is 0 Å². The highest BCUT2D eigenvalue weighted by molar-refractivity contribution is 5.93. The summed E-state index contributed by atoms with van der Waals surface area (Å²) < 4.78 is 1.55. The van der Waals surface area contributed by atoms with Crippen LogP contribution in [0.1, 0.15) is 48.3 Å². The van der Waals surface area contributed by atoms with Crippen molar-refractivity contribution in [1.29, 1.82) is 5.26 Å². The summed E-state index contributed by atoms with van der Waals surface area (Å²) in [6, 6.07) is 4.02. The number of hydrogen-bond acceptors (Lipinski definition) is 3. The fourth-order valence-electron chi connectivity index (χ4n) is 2.52. The Kier molecular flexibility index (Phi) is 3.37. The van der Waals surface area contributed by atoms with Gasteiger partial charge >= 0.3 is 0 Å². The van der Waals surface area contributed by atoms with E-state index in [-0.39, 0.29) is 5.91 Å². The van der Waals surface area contributed by atoms with E-state index in [1.54, 1.807) is 17.8 Å². The van der Waals surface area contributed by atoms with Crippen molar-refractivity contribution in [1.82, 2.24) is 15.1 Å². The average molecular weight is 246 g/mol. The molecule has 96 valence electrons. The van der Waals surface area contributed by atoms with Gasteiger partial charge in [0.15, 0.2) is 0 Å². The maximum atomic E-state index is 12.2. The Morgan fingerprint density at radius 3 is 2.67 bits per heavy atom. The zero-order valence-corrected chi connectivity index (χ0v) is 10.9. The molecule has 1 heterocycles. The normalized spacial score (nSPS) is 18.1. The van der Waals surface area contributed by atoms with Gasteiger partial charge in [-0.25, -0.2) is 0 Å². The summed E-state index contributed by atoms with van der Waals surface area (Å²) in [5.74, 6) is -0.207. The van der Waals surface area contributed by atoms with E-state index in [1.807, 2.05) is 6.92 Å². The van der Waals surface area contributed by atoms with Crippen molar-refractivity contribution in [3.05, 3.63) is 17.5 Å². The third kappa shape index (κ3) is 2.37. The number of carbonyl (C=O) groups excluding carboxylic acids is 1. The Hall–Kier alpha value is -1.83. The maximum Gasteiger partial charge on any atom is 0.270 e. The SMILES string of the molecule is Cc1cc(C(=O)NC2(C#N)CCCCC2)n(C)n1. The predicted octanol–water partition coefficient (Wildman–Crippen LogP) is 1.68. The first-order valence-corrected chi connectivity index (χ1v) is 6.31. The molecule has 0 radical (unpaired) electrons. The van der Waals surface area contributed by atoms with E-state index >= 15 is 0 Å². The smallest absolute Gasteiger partial charge is 0.270 e. The van der Waals surface area contributed by atoms with Gasteiger partial charge in [-0.15, -0.1) is 0 Å². The van der Waals surface area contributed by atoms with Crippen LogP contribution >= 0.6 is 0 Å². The molecule has 5 heteroatoms. The predicted molar refractivity (Wildman–Crippen MR) is 66.8 cm³/mol. The second kappa shape index (κ2) is 4.81. The highest BCUT2D eigenvalue weighted by atomic mass is 16.2. The van der Waals surface area contributed by atoms with Crippen LogP contribution in [-0.2, 0) is 7.05 Å². The van der Waals surface area contributed by atoms with Crippen LogP contribution in [0.4, 0.5) is 0 Å². The average Bonchev–Trinajstić information content (AvgIpc) is 2.70. The van der Waals surface area contributed by atoms with Gasteiger partial charge in [-0.2, -0.15) is 10.4 Å². The van der Waals surface area contributed by atoms with E-state index in [0.29, 0.717) is 5.69 Å². The number of carbonyl (C=O) groups is 1. The van der Waals surface area contributed by atoms with E-state index in [9.17, 15) is 10.1 Å². The molecule has 0 atom stereocenters. The number of hydrogen-bond donors (Lipinski definition) is 1. The van der Waals surface area contributed by atoms with Gasteiger partial charge in [-0.1, -0.05) is 19.3 Å². The molecule has 1 amide bonds. The summed E-state index contributed by atoms with van der Waals surface area (Å²) in [7, 11) is 1.74. The molecule has 1 aromatic rings. The van der Waals surface area contributed by atoms with Crippen molar-refractivity contribution in [2.24, 2.45) is 7.05 Å². The molecule has 1 N–H and O–H groups in total. The molecular formula is C13H18N4O. The molecule has 18 heavy (non-hydrogen) atoms. The number of aryl methyl sites for hydroxylation is 2. The summed E-state index contributed by atoms with van der Waals surface area (Å²) in [4.78, 5) is 12.2. The molecule has 5 nitrogen and oxygen atoms in total. The van der Waals surface area contributed by atoms with E-state index < -0.39 is 5.54 Å². The minimum atomic E-state index is -0.687. The lowest BCUT2D eigenvalue weighted by Crippen LogP contribution is -2.49. The Morgan fingerprint density at radius 2 is 2.17 bits per heavy atom. The summed E-state index contributed by atoms with van der Waals surface area (Å²) >= 11 is 0. The van der Waals surface area contributed by atoms with E-state index in [1.165, 1.54) is 0 Å². The topological polar surface area (TPSA) is 70.7 Å². The molecule has 0 aliphatic heterocycles. The van der Waals surface area contributed by atoms with Crippen LogP contribution in [0.25, 0.3) is 0 Å². The van der Waals surface area contributed by atoms with Crippen molar-refractivity contribution in [3.63, 3.8) is 0 Å². The van der Waals surface area contributed by atoms with Crippen LogP contribution in [0.3, 0.4) is 0 Å². The van der Waals surface area contributed by atoms with E-state index in [0.717, 1.165) is 37.8 Å². The molecular weight excluding hydrogens is 228 g/mol. The lowest BCUT2D eigenvalue weighted by Gasteiger charge is -2.31. The molecule has 1 aromatic heterocycles. The van der Waals surface area contributed by atoms with Crippen molar-refractivity contribution < 1.29 is 4.79 Å². The summed E-state index contributed by atoms with van der Waals surface area (Å²) in [5, 5.41) is 16.4. The molecule has 1 aliphatic carbocycles. The van der Waals surface area contributed by atoms with Crippen LogP contribution in [0.2, 0.25) is 0 Å². The highest BCUT2D eigenvalue weighted by Crippen LogP contribution is 2.27. The summed E-state index contributed by atoms with van der Waals surface area (Å²) in [6.45, 7) is 1.84. The third-order valence-corrected chi connectivity index (χ3v) is 3.51. The van der Waals surface area contributed by atoms with Crippen molar-refractivity contribution >= 4 is 5.91 Å². The largest absolute Gasteiger partial charge is 0.332 e. The van der Waals surface area contributed by atoms with E-state index in [2.05, 4.69) is 16.5 Å². The van der Waals surface area contributed by atoms with Gasteiger partial charge in [-0.05, 0) is 25.8 Å². The monoisotopic (exact) mass is 246 g/mol. The molecule has 0 bridgehead atoms.